The first-order valence-corrected chi connectivity index (χ1v) is 11.6. The van der Waals surface area contributed by atoms with Gasteiger partial charge in [0.1, 0.15) is 11.7 Å². The number of aromatic nitrogens is 3. The largest absolute Gasteiger partial charge is 0.340 e. The van der Waals surface area contributed by atoms with Crippen molar-refractivity contribution in [1.82, 2.24) is 24.0 Å². The van der Waals surface area contributed by atoms with Crippen LogP contribution in [0.2, 0.25) is 0 Å². The Morgan fingerprint density at radius 3 is 2.63 bits per heavy atom. The Labute approximate surface area is 182 Å². The van der Waals surface area contributed by atoms with E-state index in [9.17, 15) is 4.39 Å². The van der Waals surface area contributed by atoms with Gasteiger partial charge in [0.2, 0.25) is 0 Å². The lowest BCUT2D eigenvalue weighted by Gasteiger charge is -2.31. The minimum absolute atomic E-state index is 0.342. The van der Waals surface area contributed by atoms with Gasteiger partial charge in [-0.1, -0.05) is 31.7 Å². The number of pyridine rings is 1. The van der Waals surface area contributed by atoms with Gasteiger partial charge in [-0.05, 0) is 50.7 Å². The third-order valence-electron chi connectivity index (χ3n) is 5.99. The first-order chi connectivity index (χ1) is 14.6. The third-order valence-corrected chi connectivity index (χ3v) is 7.06. The summed E-state index contributed by atoms with van der Waals surface area (Å²) >= 11 is 1.82. The highest BCUT2D eigenvalue weighted by molar-refractivity contribution is 7.95. The molecule has 0 amide bonds. The maximum absolute atomic E-state index is 13.8. The van der Waals surface area contributed by atoms with E-state index in [1.807, 2.05) is 18.2 Å². The van der Waals surface area contributed by atoms with E-state index < -0.39 is 5.83 Å². The second kappa shape index (κ2) is 9.90. The highest BCUT2D eigenvalue weighted by Crippen LogP contribution is 2.33. The molecule has 2 aliphatic rings. The first-order valence-electron chi connectivity index (χ1n) is 10.9. The predicted octanol–water partition coefficient (Wildman–Crippen LogP) is 5.68. The Kier molecular flexibility index (Phi) is 7.02. The van der Waals surface area contributed by atoms with Crippen LogP contribution in [0.4, 0.5) is 4.39 Å². The molecule has 0 bridgehead atoms. The highest BCUT2D eigenvalue weighted by Gasteiger charge is 2.25. The zero-order chi connectivity index (χ0) is 20.9. The summed E-state index contributed by atoms with van der Waals surface area (Å²) in [5.41, 5.74) is 2.38. The molecular formula is C23H30FN5S. The Hall–Kier alpha value is -1.96. The van der Waals surface area contributed by atoms with Crippen molar-refractivity contribution < 1.29 is 4.39 Å². The molecule has 5 nitrogen and oxygen atoms in total. The summed E-state index contributed by atoms with van der Waals surface area (Å²) in [6.07, 6.45) is 11.6. The van der Waals surface area contributed by atoms with E-state index in [0.717, 1.165) is 37.0 Å². The van der Waals surface area contributed by atoms with Crippen LogP contribution in [0.25, 0.3) is 16.7 Å². The summed E-state index contributed by atoms with van der Waals surface area (Å²) in [5.74, 6) is 0.885. The Balaban J connectivity index is 1.37. The number of nitrogens with zero attached hydrogens (tertiary/aromatic N) is 3. The smallest absolute Gasteiger partial charge is 0.178 e. The number of halogens is 1. The fraction of sp³-hybridized carbons (Fsp3) is 0.478. The molecule has 7 heteroatoms. The molecule has 4 rings (SSSR count). The van der Waals surface area contributed by atoms with Crippen LogP contribution in [0.3, 0.4) is 0 Å². The molecule has 0 aromatic carbocycles. The van der Waals surface area contributed by atoms with E-state index in [0.29, 0.717) is 28.9 Å². The molecule has 2 aromatic rings. The van der Waals surface area contributed by atoms with Crippen molar-refractivity contribution >= 4 is 28.9 Å². The molecule has 1 aliphatic heterocycles. The van der Waals surface area contributed by atoms with Crippen LogP contribution in [0.5, 0.6) is 0 Å². The average molecular weight is 428 g/mol. The van der Waals surface area contributed by atoms with Crippen LogP contribution >= 0.6 is 12.1 Å². The summed E-state index contributed by atoms with van der Waals surface area (Å²) in [6.45, 7) is 9.43. The average Bonchev–Trinajstić information content (AvgIpc) is 3.20. The molecule has 0 spiro atoms. The molecule has 1 aliphatic carbocycles. The van der Waals surface area contributed by atoms with Crippen molar-refractivity contribution in [2.45, 2.75) is 56.9 Å². The molecule has 0 unspecified atom stereocenters. The number of H-pyrrole nitrogens is 1. The van der Waals surface area contributed by atoms with Gasteiger partial charge in [0.15, 0.2) is 5.65 Å². The molecule has 0 atom stereocenters. The third kappa shape index (κ3) is 5.02. The minimum atomic E-state index is -0.522. The van der Waals surface area contributed by atoms with Crippen molar-refractivity contribution in [2.24, 2.45) is 0 Å². The summed E-state index contributed by atoms with van der Waals surface area (Å²) in [5, 5.41) is 0. The highest BCUT2D eigenvalue weighted by atomic mass is 32.2. The van der Waals surface area contributed by atoms with Gasteiger partial charge >= 0.3 is 0 Å². The number of rotatable bonds is 7. The van der Waals surface area contributed by atoms with Crippen molar-refractivity contribution in [3.05, 3.63) is 54.8 Å². The monoisotopic (exact) mass is 427 g/mol. The van der Waals surface area contributed by atoms with Crippen molar-refractivity contribution in [2.75, 3.05) is 13.1 Å². The number of aromatic amines is 1. The molecule has 0 radical (unpaired) electrons. The van der Waals surface area contributed by atoms with E-state index in [1.165, 1.54) is 38.4 Å². The lowest BCUT2D eigenvalue weighted by atomic mass is 9.86. The lowest BCUT2D eigenvalue weighted by molar-refractivity contribution is 0.355. The first kappa shape index (κ1) is 21.3. The fourth-order valence-electron chi connectivity index (χ4n) is 4.28. The molecule has 1 saturated heterocycles. The summed E-state index contributed by atoms with van der Waals surface area (Å²) < 4.78 is 19.9. The number of allylic oxidation sites excluding steroid dienone is 4. The van der Waals surface area contributed by atoms with Gasteiger partial charge in [0.25, 0.3) is 0 Å². The van der Waals surface area contributed by atoms with E-state index in [2.05, 4.69) is 32.2 Å². The van der Waals surface area contributed by atoms with E-state index >= 15 is 0 Å². The maximum atomic E-state index is 13.8. The normalized spacial score (nSPS) is 23.6. The Bertz CT molecular complexity index is 923. The topological polar surface area (TPSA) is 56.8 Å². The van der Waals surface area contributed by atoms with Crippen molar-refractivity contribution in [3.63, 3.8) is 0 Å². The molecule has 160 valence electrons. The molecule has 2 aromatic heterocycles. The second-order valence-corrected chi connectivity index (χ2v) is 9.09. The number of hydrogen-bond acceptors (Lipinski definition) is 5. The lowest BCUT2D eigenvalue weighted by Crippen LogP contribution is -2.34. The molecule has 2 fully saturated rings. The number of imidazole rings is 1. The number of hydrogen-bond donors (Lipinski definition) is 2. The van der Waals surface area contributed by atoms with Crippen LogP contribution in [0.15, 0.2) is 43.3 Å². The number of piperidine rings is 1. The van der Waals surface area contributed by atoms with E-state index in [-0.39, 0.29) is 0 Å². The predicted molar refractivity (Wildman–Crippen MR) is 123 cm³/mol. The zero-order valence-electron chi connectivity index (χ0n) is 17.4. The van der Waals surface area contributed by atoms with Gasteiger partial charge < -0.3 is 4.98 Å². The van der Waals surface area contributed by atoms with Crippen molar-refractivity contribution in [3.8, 4) is 0 Å². The standard InChI is InChI=1S/C23H30FN5S/c1-3-7-19(16(2)24)20-12-13-21-23(25-20)27-22(26-21)17-8-10-18(11-9-17)28-30-29-14-5-4-6-15-29/h3,7,12-13,17-18,28H,1-2,4-6,8-11,14-15H2,(H,25,26,27)/b19-7+. The van der Waals surface area contributed by atoms with Crippen LogP contribution in [0, 0.1) is 0 Å². The summed E-state index contributed by atoms with van der Waals surface area (Å²) in [4.78, 5) is 12.7. The summed E-state index contributed by atoms with van der Waals surface area (Å²) in [7, 11) is 0. The maximum Gasteiger partial charge on any atom is 0.178 e. The number of nitrogens with one attached hydrogen (secondary N) is 2. The Morgan fingerprint density at radius 1 is 1.17 bits per heavy atom. The van der Waals surface area contributed by atoms with Crippen LogP contribution in [0.1, 0.15) is 62.4 Å². The van der Waals surface area contributed by atoms with Crippen LogP contribution in [-0.4, -0.2) is 38.4 Å². The molecule has 30 heavy (non-hydrogen) atoms. The van der Waals surface area contributed by atoms with Crippen LogP contribution < -0.4 is 4.72 Å². The van der Waals surface area contributed by atoms with E-state index in [4.69, 9.17) is 4.98 Å². The summed E-state index contributed by atoms with van der Waals surface area (Å²) in [6, 6.07) is 4.27. The van der Waals surface area contributed by atoms with Gasteiger partial charge in [0.05, 0.1) is 11.2 Å². The minimum Gasteiger partial charge on any atom is -0.340 e. The van der Waals surface area contributed by atoms with Crippen molar-refractivity contribution in [1.29, 1.82) is 0 Å². The van der Waals surface area contributed by atoms with Gasteiger partial charge in [-0.15, -0.1) is 0 Å². The van der Waals surface area contributed by atoms with Gasteiger partial charge in [-0.3, -0.25) is 0 Å². The molecule has 3 heterocycles. The number of fused-ring (bicyclic) bond motifs is 1. The zero-order valence-corrected chi connectivity index (χ0v) is 18.2. The van der Waals surface area contributed by atoms with Gasteiger partial charge in [0, 0.05) is 42.8 Å². The van der Waals surface area contributed by atoms with Crippen LogP contribution in [-0.2, 0) is 0 Å². The quantitative estimate of drug-likeness (QED) is 0.440. The van der Waals surface area contributed by atoms with E-state index in [1.54, 1.807) is 12.1 Å². The molecule has 2 N–H and O–H groups in total. The SMILES string of the molecule is C=C/C=C(\C(=C)F)c1ccc2[nH]c(C3CCC(NSN4CCCCC4)CC3)nc2n1. The van der Waals surface area contributed by atoms with Gasteiger partial charge in [-0.25, -0.2) is 23.4 Å². The van der Waals surface area contributed by atoms with Gasteiger partial charge in [-0.2, -0.15) is 0 Å². The second-order valence-electron chi connectivity index (χ2n) is 8.16. The fourth-order valence-corrected chi connectivity index (χ4v) is 5.25. The molecular weight excluding hydrogens is 397 g/mol. The molecule has 1 saturated carbocycles. The Morgan fingerprint density at radius 2 is 1.93 bits per heavy atom.